The molecule has 1 spiro atoms. The molecule has 1 unspecified atom stereocenters. The molecular formula is C8H10F3NO3. The van der Waals surface area contributed by atoms with E-state index >= 15 is 0 Å². The van der Waals surface area contributed by atoms with Crippen LogP contribution in [0.3, 0.4) is 0 Å². The molecule has 86 valence electrons. The van der Waals surface area contributed by atoms with Crippen LogP contribution in [0.1, 0.15) is 6.42 Å². The van der Waals surface area contributed by atoms with Crippen LogP contribution in [-0.4, -0.2) is 43.5 Å². The van der Waals surface area contributed by atoms with Gasteiger partial charge < -0.3 is 14.8 Å². The Morgan fingerprint density at radius 2 is 2.13 bits per heavy atom. The van der Waals surface area contributed by atoms with E-state index in [2.05, 4.69) is 10.1 Å². The molecule has 0 radical (unpaired) electrons. The Morgan fingerprint density at radius 1 is 1.47 bits per heavy atom. The van der Waals surface area contributed by atoms with Gasteiger partial charge in [0.1, 0.15) is 6.10 Å². The topological polar surface area (TPSA) is 47.6 Å². The first-order valence-electron chi connectivity index (χ1n) is 4.54. The molecule has 2 aliphatic heterocycles. The lowest BCUT2D eigenvalue weighted by molar-refractivity contribution is -0.204. The van der Waals surface area contributed by atoms with E-state index in [1.807, 2.05) is 0 Å². The first kappa shape index (κ1) is 10.7. The number of rotatable bonds is 1. The summed E-state index contributed by atoms with van der Waals surface area (Å²) in [5, 5.41) is 2.96. The maximum absolute atomic E-state index is 11.9. The molecule has 4 nitrogen and oxygen atoms in total. The van der Waals surface area contributed by atoms with Gasteiger partial charge in [0, 0.05) is 19.5 Å². The van der Waals surface area contributed by atoms with Crippen LogP contribution in [-0.2, 0) is 14.3 Å². The van der Waals surface area contributed by atoms with Crippen molar-refractivity contribution >= 4 is 5.97 Å². The highest BCUT2D eigenvalue weighted by atomic mass is 19.4. The summed E-state index contributed by atoms with van der Waals surface area (Å²) in [6.45, 7) is 1.25. The van der Waals surface area contributed by atoms with Crippen molar-refractivity contribution in [3.8, 4) is 0 Å². The van der Waals surface area contributed by atoms with Crippen molar-refractivity contribution in [2.24, 2.45) is 0 Å². The molecule has 2 heterocycles. The zero-order valence-corrected chi connectivity index (χ0v) is 7.76. The zero-order chi connectivity index (χ0) is 11.1. The first-order chi connectivity index (χ1) is 6.91. The van der Waals surface area contributed by atoms with Gasteiger partial charge in [-0.05, 0) is 0 Å². The molecule has 2 saturated heterocycles. The number of halogens is 3. The number of carbonyl (C=O) groups excluding carboxylic acids is 1. The van der Waals surface area contributed by atoms with E-state index in [1.165, 1.54) is 0 Å². The minimum Gasteiger partial charge on any atom is -0.453 e. The number of alkyl halides is 3. The molecule has 1 N–H and O–H groups in total. The van der Waals surface area contributed by atoms with Crippen LogP contribution in [0.4, 0.5) is 13.2 Å². The molecule has 0 aliphatic carbocycles. The smallest absolute Gasteiger partial charge is 0.453 e. The average molecular weight is 225 g/mol. The number of hydrogen-bond donors (Lipinski definition) is 1. The van der Waals surface area contributed by atoms with Crippen molar-refractivity contribution in [1.29, 1.82) is 0 Å². The molecule has 0 saturated carbocycles. The minimum atomic E-state index is -4.92. The van der Waals surface area contributed by atoms with Gasteiger partial charge in [0.05, 0.1) is 12.2 Å². The Labute approximate surface area is 83.7 Å². The first-order valence-corrected chi connectivity index (χ1v) is 4.54. The summed E-state index contributed by atoms with van der Waals surface area (Å²) in [5.41, 5.74) is -0.406. The highest BCUT2D eigenvalue weighted by Crippen LogP contribution is 2.32. The van der Waals surface area contributed by atoms with Gasteiger partial charge in [-0.25, -0.2) is 4.79 Å². The molecule has 2 aliphatic rings. The third-order valence-electron chi connectivity index (χ3n) is 2.57. The number of carbonyl (C=O) groups is 1. The molecule has 7 heteroatoms. The van der Waals surface area contributed by atoms with Crippen LogP contribution in [0.25, 0.3) is 0 Å². The zero-order valence-electron chi connectivity index (χ0n) is 7.76. The van der Waals surface area contributed by atoms with Gasteiger partial charge >= 0.3 is 12.1 Å². The molecule has 0 amide bonds. The van der Waals surface area contributed by atoms with Gasteiger partial charge in [0.25, 0.3) is 0 Å². The van der Waals surface area contributed by atoms with Crippen molar-refractivity contribution in [1.82, 2.24) is 5.32 Å². The largest absolute Gasteiger partial charge is 0.490 e. The van der Waals surface area contributed by atoms with Crippen LogP contribution in [0, 0.1) is 0 Å². The number of nitrogens with one attached hydrogen (secondary N) is 1. The molecule has 0 aromatic rings. The maximum atomic E-state index is 11.9. The molecule has 15 heavy (non-hydrogen) atoms. The Balaban J connectivity index is 1.85. The van der Waals surface area contributed by atoms with Gasteiger partial charge in [0.15, 0.2) is 0 Å². The number of ether oxygens (including phenoxy) is 2. The summed E-state index contributed by atoms with van der Waals surface area (Å²) in [7, 11) is 0. The summed E-state index contributed by atoms with van der Waals surface area (Å²) in [4.78, 5) is 10.5. The van der Waals surface area contributed by atoms with Crippen molar-refractivity contribution in [3.05, 3.63) is 0 Å². The molecule has 0 aromatic heterocycles. The van der Waals surface area contributed by atoms with E-state index in [4.69, 9.17) is 4.74 Å². The Bertz CT molecular complexity index is 275. The van der Waals surface area contributed by atoms with E-state index in [0.717, 1.165) is 0 Å². The summed E-state index contributed by atoms with van der Waals surface area (Å²) in [6, 6.07) is 0. The lowest BCUT2D eigenvalue weighted by atomic mass is 9.93. The maximum Gasteiger partial charge on any atom is 0.490 e. The predicted octanol–water partition coefficient (Wildman–Crippen LogP) is 0.223. The lowest BCUT2D eigenvalue weighted by Gasteiger charge is -2.37. The summed E-state index contributed by atoms with van der Waals surface area (Å²) in [5.74, 6) is -2.14. The lowest BCUT2D eigenvalue weighted by Crippen LogP contribution is -2.59. The van der Waals surface area contributed by atoms with Crippen molar-refractivity contribution in [2.45, 2.75) is 24.3 Å². The van der Waals surface area contributed by atoms with E-state index < -0.39 is 23.9 Å². The molecule has 0 bridgehead atoms. The molecular weight excluding hydrogens is 215 g/mol. The second-order valence-corrected chi connectivity index (χ2v) is 3.83. The summed E-state index contributed by atoms with van der Waals surface area (Å²) in [6.07, 6.45) is -5.36. The number of hydrogen-bond acceptors (Lipinski definition) is 4. The SMILES string of the molecule is O=C(OC1COC2(CNC2)C1)C(F)(F)F. The number of esters is 1. The Morgan fingerprint density at radius 3 is 2.53 bits per heavy atom. The van der Waals surface area contributed by atoms with Gasteiger partial charge in [-0.2, -0.15) is 13.2 Å². The van der Waals surface area contributed by atoms with Crippen LogP contribution < -0.4 is 5.32 Å². The van der Waals surface area contributed by atoms with E-state index in [1.54, 1.807) is 0 Å². The molecule has 1 atom stereocenters. The standard InChI is InChI=1S/C8H10F3NO3/c9-8(10,11)6(13)15-5-1-7(14-2-5)3-12-4-7/h5,12H,1-4H2. The highest BCUT2D eigenvalue weighted by molar-refractivity contribution is 5.75. The fourth-order valence-electron chi connectivity index (χ4n) is 1.75. The Hall–Kier alpha value is -0.820. The van der Waals surface area contributed by atoms with E-state index in [0.29, 0.717) is 19.5 Å². The Kier molecular flexibility index (Phi) is 2.38. The van der Waals surface area contributed by atoms with E-state index in [9.17, 15) is 18.0 Å². The third-order valence-corrected chi connectivity index (χ3v) is 2.57. The highest BCUT2D eigenvalue weighted by Gasteiger charge is 2.49. The van der Waals surface area contributed by atoms with Crippen molar-refractivity contribution in [3.63, 3.8) is 0 Å². The average Bonchev–Trinajstić information content (AvgIpc) is 2.46. The third kappa shape index (κ3) is 2.07. The van der Waals surface area contributed by atoms with Crippen molar-refractivity contribution < 1.29 is 27.4 Å². The quantitative estimate of drug-likeness (QED) is 0.649. The minimum absolute atomic E-state index is 0.0451. The summed E-state index contributed by atoms with van der Waals surface area (Å²) >= 11 is 0. The van der Waals surface area contributed by atoms with Gasteiger partial charge in [-0.15, -0.1) is 0 Å². The normalized spacial score (nSPS) is 28.9. The van der Waals surface area contributed by atoms with Crippen LogP contribution in [0.5, 0.6) is 0 Å². The van der Waals surface area contributed by atoms with Gasteiger partial charge in [-0.3, -0.25) is 0 Å². The monoisotopic (exact) mass is 225 g/mol. The fraction of sp³-hybridized carbons (Fsp3) is 0.875. The molecule has 2 rings (SSSR count). The van der Waals surface area contributed by atoms with Crippen LogP contribution in [0.15, 0.2) is 0 Å². The van der Waals surface area contributed by atoms with Gasteiger partial charge in [0.2, 0.25) is 0 Å². The predicted molar refractivity (Wildman–Crippen MR) is 42.1 cm³/mol. The second kappa shape index (κ2) is 3.34. The molecule has 2 fully saturated rings. The summed E-state index contributed by atoms with van der Waals surface area (Å²) < 4.78 is 45.2. The van der Waals surface area contributed by atoms with E-state index in [-0.39, 0.29) is 6.61 Å². The van der Waals surface area contributed by atoms with Crippen molar-refractivity contribution in [2.75, 3.05) is 19.7 Å². The molecule has 0 aromatic carbocycles. The van der Waals surface area contributed by atoms with Crippen LogP contribution in [0.2, 0.25) is 0 Å². The fourth-order valence-corrected chi connectivity index (χ4v) is 1.75. The second-order valence-electron chi connectivity index (χ2n) is 3.83. The van der Waals surface area contributed by atoms with Crippen LogP contribution >= 0.6 is 0 Å². The van der Waals surface area contributed by atoms with Gasteiger partial charge in [-0.1, -0.05) is 0 Å².